The van der Waals surface area contributed by atoms with E-state index in [1.807, 2.05) is 12.3 Å². The van der Waals surface area contributed by atoms with Crippen LogP contribution in [0.5, 0.6) is 6.01 Å². The Bertz CT molecular complexity index is 1270. The second-order valence-corrected chi connectivity index (χ2v) is 9.33. The number of ether oxygens (including phenoxy) is 2. The summed E-state index contributed by atoms with van der Waals surface area (Å²) in [5.74, 6) is 2.41. The first-order valence-electron chi connectivity index (χ1n) is 11.3. The van der Waals surface area contributed by atoms with E-state index < -0.39 is 0 Å². The molecule has 0 bridgehead atoms. The number of hydrogen-bond donors (Lipinski definition) is 2. The molecule has 4 heterocycles. The Morgan fingerprint density at radius 2 is 2.15 bits per heavy atom. The van der Waals surface area contributed by atoms with Crippen molar-refractivity contribution in [3.8, 4) is 6.01 Å². The minimum absolute atomic E-state index is 0.141. The maximum absolute atomic E-state index is 6.00. The molecule has 0 unspecified atom stereocenters. The van der Waals surface area contributed by atoms with Gasteiger partial charge in [-0.1, -0.05) is 5.10 Å². The molecule has 4 aromatic heterocycles. The molecule has 2 N–H and O–H groups in total. The molecule has 2 fully saturated rings. The predicted molar refractivity (Wildman–Crippen MR) is 119 cm³/mol. The average Bonchev–Trinajstić information content (AvgIpc) is 3.19. The fourth-order valence-corrected chi connectivity index (χ4v) is 4.45. The summed E-state index contributed by atoms with van der Waals surface area (Å²) < 4.78 is 15.0. The highest BCUT2D eigenvalue weighted by Gasteiger charge is 2.42. The average molecular weight is 450 g/mol. The van der Waals surface area contributed by atoms with Gasteiger partial charge in [0, 0.05) is 42.7 Å². The van der Waals surface area contributed by atoms with Gasteiger partial charge in [0.15, 0.2) is 11.6 Å². The predicted octanol–water partition coefficient (Wildman–Crippen LogP) is 3.02. The van der Waals surface area contributed by atoms with Crippen LogP contribution < -0.4 is 10.1 Å². The van der Waals surface area contributed by atoms with Crippen LogP contribution in [0, 0.1) is 5.92 Å². The van der Waals surface area contributed by atoms with Gasteiger partial charge in [-0.05, 0) is 44.6 Å². The van der Waals surface area contributed by atoms with Gasteiger partial charge in [-0.15, -0.1) is 5.10 Å². The van der Waals surface area contributed by atoms with Crippen LogP contribution in [0.4, 0.5) is 11.6 Å². The zero-order valence-corrected chi connectivity index (χ0v) is 18.7. The minimum Gasteiger partial charge on any atom is -0.463 e. The smallest absolute Gasteiger partial charge is 0.317 e. The van der Waals surface area contributed by atoms with Gasteiger partial charge in [-0.25, -0.2) is 9.50 Å². The fourth-order valence-electron chi connectivity index (χ4n) is 4.45. The molecule has 0 aliphatic heterocycles. The largest absolute Gasteiger partial charge is 0.463 e. The summed E-state index contributed by atoms with van der Waals surface area (Å²) in [6, 6.07) is 4.67. The minimum atomic E-state index is 0.141. The summed E-state index contributed by atoms with van der Waals surface area (Å²) in [6.07, 6.45) is 9.74. The highest BCUT2D eigenvalue weighted by atomic mass is 16.5. The lowest BCUT2D eigenvalue weighted by atomic mass is 9.74. The molecule has 2 saturated carbocycles. The van der Waals surface area contributed by atoms with Gasteiger partial charge in [0.2, 0.25) is 0 Å². The summed E-state index contributed by atoms with van der Waals surface area (Å²) in [5, 5.41) is 23.6. The molecule has 4 aromatic rings. The Hall–Kier alpha value is -3.47. The molecule has 0 amide bonds. The van der Waals surface area contributed by atoms with E-state index in [2.05, 4.69) is 53.4 Å². The van der Waals surface area contributed by atoms with Gasteiger partial charge < -0.3 is 14.8 Å². The van der Waals surface area contributed by atoms with E-state index >= 15 is 0 Å². The van der Waals surface area contributed by atoms with Crippen LogP contribution in [0.3, 0.4) is 0 Å². The van der Waals surface area contributed by atoms with E-state index in [4.69, 9.17) is 9.47 Å². The Morgan fingerprint density at radius 1 is 1.27 bits per heavy atom. The third kappa shape index (κ3) is 3.82. The summed E-state index contributed by atoms with van der Waals surface area (Å²) in [5.41, 5.74) is 3.00. The lowest BCUT2D eigenvalue weighted by molar-refractivity contribution is 0.141. The zero-order valence-electron chi connectivity index (χ0n) is 18.7. The molecule has 11 nitrogen and oxygen atoms in total. The Balaban J connectivity index is 1.05. The highest BCUT2D eigenvalue weighted by Crippen LogP contribution is 2.45. The number of methoxy groups -OCH3 is 1. The maximum atomic E-state index is 6.00. The third-order valence-electron chi connectivity index (χ3n) is 6.77. The summed E-state index contributed by atoms with van der Waals surface area (Å²) in [6.45, 7) is 3.34. The third-order valence-corrected chi connectivity index (χ3v) is 6.77. The van der Waals surface area contributed by atoms with Crippen LogP contribution in [0.1, 0.15) is 49.9 Å². The molecular weight excluding hydrogens is 422 g/mol. The van der Waals surface area contributed by atoms with Crippen molar-refractivity contribution >= 4 is 17.2 Å². The molecule has 2 aliphatic rings. The van der Waals surface area contributed by atoms with Crippen LogP contribution in [0.25, 0.3) is 5.52 Å². The van der Waals surface area contributed by atoms with Gasteiger partial charge in [0.1, 0.15) is 11.8 Å². The number of hydrogen-bond acceptors (Lipinski definition) is 8. The van der Waals surface area contributed by atoms with Crippen LogP contribution >= 0.6 is 0 Å². The number of H-pyrrole nitrogens is 1. The first-order valence-corrected chi connectivity index (χ1v) is 11.3. The Labute approximate surface area is 190 Å². The summed E-state index contributed by atoms with van der Waals surface area (Å²) in [4.78, 5) is 4.46. The molecule has 33 heavy (non-hydrogen) atoms. The summed E-state index contributed by atoms with van der Waals surface area (Å²) >= 11 is 0. The molecule has 0 spiro atoms. The SMILES string of the molecule is COCc1cc2c(Nc3cc(C4CC(COc5nncn5C5(C)CC5)C4)[nH]n3)nccn2n1. The first-order chi connectivity index (χ1) is 16.1. The highest BCUT2D eigenvalue weighted by molar-refractivity contribution is 5.72. The number of rotatable bonds is 9. The number of aromatic nitrogens is 8. The van der Waals surface area contributed by atoms with Crippen LogP contribution in [-0.4, -0.2) is 53.3 Å². The Kier molecular flexibility index (Phi) is 4.79. The van der Waals surface area contributed by atoms with Crippen molar-refractivity contribution in [1.29, 1.82) is 0 Å². The van der Waals surface area contributed by atoms with Gasteiger partial charge in [-0.3, -0.25) is 9.67 Å². The standard InChI is InChI=1S/C22H27N9O2/c1-22(3-4-22)30-13-24-28-21(30)33-11-14-7-15(8-14)17-10-19(27-26-17)25-20-18-9-16(12-32-2)29-31(18)6-5-23-20/h5-6,9-10,13-15H,3-4,7-8,11-12H2,1-2H3,(H2,23,25,26,27). The molecule has 0 atom stereocenters. The number of anilines is 2. The van der Waals surface area contributed by atoms with Crippen molar-refractivity contribution in [2.45, 2.75) is 50.7 Å². The van der Waals surface area contributed by atoms with Crippen LogP contribution in [0.15, 0.2) is 30.9 Å². The normalized spacial score (nSPS) is 21.2. The van der Waals surface area contributed by atoms with E-state index in [1.54, 1.807) is 24.1 Å². The van der Waals surface area contributed by atoms with E-state index in [-0.39, 0.29) is 5.54 Å². The van der Waals surface area contributed by atoms with Crippen molar-refractivity contribution in [3.63, 3.8) is 0 Å². The molecule has 0 radical (unpaired) electrons. The van der Waals surface area contributed by atoms with Crippen molar-refractivity contribution in [1.82, 2.24) is 39.6 Å². The fraction of sp³-hybridized carbons (Fsp3) is 0.500. The molecule has 0 saturated heterocycles. The number of nitrogens with one attached hydrogen (secondary N) is 2. The van der Waals surface area contributed by atoms with Crippen LogP contribution in [-0.2, 0) is 16.9 Å². The van der Waals surface area contributed by atoms with Gasteiger partial charge in [0.05, 0.1) is 18.9 Å². The lowest BCUT2D eigenvalue weighted by Crippen LogP contribution is -2.28. The van der Waals surface area contributed by atoms with Crippen molar-refractivity contribution in [2.24, 2.45) is 5.92 Å². The van der Waals surface area contributed by atoms with Crippen LogP contribution in [0.2, 0.25) is 0 Å². The van der Waals surface area contributed by atoms with E-state index in [0.717, 1.165) is 48.4 Å². The van der Waals surface area contributed by atoms with E-state index in [9.17, 15) is 0 Å². The first kappa shape index (κ1) is 20.2. The topological polar surface area (TPSA) is 120 Å². The van der Waals surface area contributed by atoms with Crippen molar-refractivity contribution in [3.05, 3.63) is 42.2 Å². The quantitative estimate of drug-likeness (QED) is 0.400. The van der Waals surface area contributed by atoms with Gasteiger partial charge in [0.25, 0.3) is 0 Å². The summed E-state index contributed by atoms with van der Waals surface area (Å²) in [7, 11) is 1.66. The van der Waals surface area contributed by atoms with Crippen molar-refractivity contribution in [2.75, 3.05) is 19.0 Å². The number of aromatic amines is 1. The Morgan fingerprint density at radius 3 is 2.97 bits per heavy atom. The molecule has 2 aliphatic carbocycles. The molecule has 0 aromatic carbocycles. The zero-order chi connectivity index (χ0) is 22.4. The number of fused-ring (bicyclic) bond motifs is 1. The maximum Gasteiger partial charge on any atom is 0.317 e. The van der Waals surface area contributed by atoms with E-state index in [0.29, 0.717) is 36.9 Å². The van der Waals surface area contributed by atoms with Gasteiger partial charge in [-0.2, -0.15) is 10.2 Å². The monoisotopic (exact) mass is 449 g/mol. The lowest BCUT2D eigenvalue weighted by Gasteiger charge is -2.34. The second kappa shape index (κ2) is 7.84. The molecule has 11 heteroatoms. The molecule has 6 rings (SSSR count). The second-order valence-electron chi connectivity index (χ2n) is 9.33. The van der Waals surface area contributed by atoms with Gasteiger partial charge >= 0.3 is 6.01 Å². The molecule has 172 valence electrons. The van der Waals surface area contributed by atoms with E-state index in [1.165, 1.54) is 0 Å². The van der Waals surface area contributed by atoms with Crippen molar-refractivity contribution < 1.29 is 9.47 Å². The molecular formula is C22H27N9O2. The number of nitrogens with zero attached hydrogens (tertiary/aromatic N) is 7.